The van der Waals surface area contributed by atoms with Crippen LogP contribution < -0.4 is 5.69 Å². The Kier molecular flexibility index (Phi) is 2.75. The van der Waals surface area contributed by atoms with E-state index in [-0.39, 0.29) is 23.5 Å². The average molecular weight is 299 g/mol. The molecular formula is C15H14FN5O. The number of fused-ring (bicyclic) bond motifs is 1. The monoisotopic (exact) mass is 299 g/mol. The maximum atomic E-state index is 14.3. The highest BCUT2D eigenvalue weighted by atomic mass is 19.1. The van der Waals surface area contributed by atoms with Crippen molar-refractivity contribution in [1.29, 1.82) is 0 Å². The van der Waals surface area contributed by atoms with Crippen LogP contribution in [0.4, 0.5) is 4.39 Å². The lowest BCUT2D eigenvalue weighted by Gasteiger charge is -2.11. The molecule has 1 aliphatic heterocycles. The Morgan fingerprint density at radius 3 is 2.68 bits per heavy atom. The molecular weight excluding hydrogens is 285 g/mol. The molecule has 1 aliphatic rings. The van der Waals surface area contributed by atoms with Crippen LogP contribution in [0.5, 0.6) is 0 Å². The summed E-state index contributed by atoms with van der Waals surface area (Å²) in [5, 5.41) is 4.36. The Labute approximate surface area is 125 Å². The molecule has 0 amide bonds. The fourth-order valence-electron chi connectivity index (χ4n) is 2.84. The molecule has 6 nitrogen and oxygen atoms in total. The highest BCUT2D eigenvalue weighted by Crippen LogP contribution is 2.39. The van der Waals surface area contributed by atoms with E-state index in [0.29, 0.717) is 6.42 Å². The molecule has 2 aromatic heterocycles. The second kappa shape index (κ2) is 4.66. The summed E-state index contributed by atoms with van der Waals surface area (Å²) in [6, 6.07) is 9.46. The Morgan fingerprint density at radius 2 is 2.00 bits per heavy atom. The van der Waals surface area contributed by atoms with Gasteiger partial charge in [0.2, 0.25) is 0 Å². The smallest absolute Gasteiger partial charge is 0.302 e. The van der Waals surface area contributed by atoms with E-state index in [9.17, 15) is 9.18 Å². The van der Waals surface area contributed by atoms with Gasteiger partial charge in [-0.15, -0.1) is 5.10 Å². The van der Waals surface area contributed by atoms with Gasteiger partial charge in [-0.2, -0.15) is 4.98 Å². The largest absolute Gasteiger partial charge is 0.334 e. The lowest BCUT2D eigenvalue weighted by atomic mass is 10.0. The fourth-order valence-corrected chi connectivity index (χ4v) is 2.84. The molecule has 3 aromatic rings. The summed E-state index contributed by atoms with van der Waals surface area (Å²) >= 11 is 0. The molecule has 0 fully saturated rings. The van der Waals surface area contributed by atoms with Crippen LogP contribution in [-0.4, -0.2) is 23.9 Å². The van der Waals surface area contributed by atoms with Crippen LogP contribution in [0.1, 0.15) is 30.0 Å². The third kappa shape index (κ3) is 1.82. The quantitative estimate of drug-likeness (QED) is 0.724. The first-order chi connectivity index (χ1) is 10.6. The van der Waals surface area contributed by atoms with E-state index in [4.69, 9.17) is 0 Å². The van der Waals surface area contributed by atoms with Gasteiger partial charge in [0.25, 0.3) is 5.95 Å². The van der Waals surface area contributed by atoms with Crippen molar-refractivity contribution >= 4 is 0 Å². The molecule has 0 spiro atoms. The van der Waals surface area contributed by atoms with Crippen molar-refractivity contribution < 1.29 is 4.39 Å². The molecule has 22 heavy (non-hydrogen) atoms. The summed E-state index contributed by atoms with van der Waals surface area (Å²) < 4.78 is 18.6. The van der Waals surface area contributed by atoms with Gasteiger partial charge in [-0.25, -0.2) is 18.4 Å². The van der Waals surface area contributed by atoms with Crippen molar-refractivity contribution in [3.05, 3.63) is 64.6 Å². The van der Waals surface area contributed by atoms with Crippen LogP contribution in [0.25, 0.3) is 5.95 Å². The predicted octanol–water partition coefficient (Wildman–Crippen LogP) is 1.77. The molecule has 2 unspecified atom stereocenters. The Morgan fingerprint density at radius 1 is 1.23 bits per heavy atom. The van der Waals surface area contributed by atoms with Gasteiger partial charge in [0.05, 0.1) is 6.04 Å². The third-order valence-electron chi connectivity index (χ3n) is 4.00. The molecule has 112 valence electrons. The number of alkyl halides is 1. The highest BCUT2D eigenvalue weighted by molar-refractivity contribution is 5.25. The van der Waals surface area contributed by atoms with E-state index in [1.807, 2.05) is 30.3 Å². The van der Waals surface area contributed by atoms with Gasteiger partial charge in [-0.1, -0.05) is 30.3 Å². The van der Waals surface area contributed by atoms with Crippen LogP contribution >= 0.6 is 0 Å². The van der Waals surface area contributed by atoms with Crippen LogP contribution in [0.3, 0.4) is 0 Å². The Hall–Kier alpha value is -2.70. The van der Waals surface area contributed by atoms with Crippen molar-refractivity contribution in [2.24, 2.45) is 7.05 Å². The molecule has 1 aromatic carbocycles. The van der Waals surface area contributed by atoms with Crippen molar-refractivity contribution in [2.75, 3.05) is 0 Å². The molecule has 7 heteroatoms. The number of rotatable bonds is 2. The Balaban J connectivity index is 1.81. The molecule has 0 aliphatic carbocycles. The van der Waals surface area contributed by atoms with Gasteiger partial charge in [-0.05, 0) is 5.56 Å². The van der Waals surface area contributed by atoms with E-state index in [1.54, 1.807) is 24.1 Å². The molecule has 3 heterocycles. The van der Waals surface area contributed by atoms with Crippen LogP contribution in [0.2, 0.25) is 0 Å². The number of hydrogen-bond donors (Lipinski definition) is 0. The van der Waals surface area contributed by atoms with Gasteiger partial charge in [-0.3, -0.25) is 0 Å². The minimum absolute atomic E-state index is 0.188. The van der Waals surface area contributed by atoms with Crippen molar-refractivity contribution in [2.45, 2.75) is 18.6 Å². The first-order valence-electron chi connectivity index (χ1n) is 7.05. The lowest BCUT2D eigenvalue weighted by Crippen LogP contribution is -2.21. The van der Waals surface area contributed by atoms with Gasteiger partial charge < -0.3 is 4.57 Å². The van der Waals surface area contributed by atoms with Crippen LogP contribution in [0, 0.1) is 0 Å². The zero-order valence-corrected chi connectivity index (χ0v) is 11.9. The molecule has 0 radical (unpaired) electrons. The molecule has 4 rings (SSSR count). The molecule has 0 saturated carbocycles. The van der Waals surface area contributed by atoms with E-state index < -0.39 is 6.17 Å². The molecule has 2 atom stereocenters. The van der Waals surface area contributed by atoms with Crippen molar-refractivity contribution in [1.82, 2.24) is 23.9 Å². The van der Waals surface area contributed by atoms with Crippen LogP contribution in [0.15, 0.2) is 47.5 Å². The number of benzene rings is 1. The molecule has 0 N–H and O–H groups in total. The fraction of sp³-hybridized carbons (Fsp3) is 0.267. The minimum Gasteiger partial charge on any atom is -0.302 e. The first-order valence-corrected chi connectivity index (χ1v) is 7.05. The average Bonchev–Trinajstić information content (AvgIpc) is 3.18. The Bertz CT molecular complexity index is 879. The maximum absolute atomic E-state index is 14.3. The number of aryl methyl sites for hydroxylation is 1. The second-order valence-corrected chi connectivity index (χ2v) is 5.41. The summed E-state index contributed by atoms with van der Waals surface area (Å²) in [6.07, 6.45) is 2.35. The zero-order valence-electron chi connectivity index (χ0n) is 11.9. The second-order valence-electron chi connectivity index (χ2n) is 5.41. The van der Waals surface area contributed by atoms with Crippen LogP contribution in [-0.2, 0) is 7.05 Å². The van der Waals surface area contributed by atoms with Crippen molar-refractivity contribution in [3.8, 4) is 5.95 Å². The minimum atomic E-state index is -1.18. The predicted molar refractivity (Wildman–Crippen MR) is 77.6 cm³/mol. The number of imidazole rings is 1. The maximum Gasteiger partial charge on any atom is 0.334 e. The summed E-state index contributed by atoms with van der Waals surface area (Å²) in [5.41, 5.74) is 0.733. The van der Waals surface area contributed by atoms with Gasteiger partial charge in [0, 0.05) is 25.9 Å². The lowest BCUT2D eigenvalue weighted by molar-refractivity contribution is 0.328. The summed E-state index contributed by atoms with van der Waals surface area (Å²) in [7, 11) is 1.65. The zero-order chi connectivity index (χ0) is 15.3. The van der Waals surface area contributed by atoms with E-state index in [0.717, 1.165) is 5.56 Å². The topological polar surface area (TPSA) is 57.6 Å². The number of halogens is 1. The van der Waals surface area contributed by atoms with Gasteiger partial charge >= 0.3 is 5.69 Å². The first kappa shape index (κ1) is 13.0. The van der Waals surface area contributed by atoms with Gasteiger partial charge in [0.1, 0.15) is 0 Å². The third-order valence-corrected chi connectivity index (χ3v) is 4.00. The number of aromatic nitrogens is 5. The van der Waals surface area contributed by atoms with Crippen molar-refractivity contribution in [3.63, 3.8) is 0 Å². The number of nitrogens with zero attached hydrogens (tertiary/aromatic N) is 5. The SMILES string of the molecule is Cn1ccn(-c2nc3n(n2)C(c2ccccc2)CC3F)c1=O. The van der Waals surface area contributed by atoms with E-state index in [1.165, 1.54) is 9.13 Å². The molecule has 0 bridgehead atoms. The highest BCUT2D eigenvalue weighted by Gasteiger charge is 2.35. The van der Waals surface area contributed by atoms with E-state index in [2.05, 4.69) is 10.1 Å². The summed E-state index contributed by atoms with van der Waals surface area (Å²) in [6.45, 7) is 0. The van der Waals surface area contributed by atoms with Gasteiger partial charge in [0.15, 0.2) is 12.0 Å². The normalized spacial score (nSPS) is 20.3. The van der Waals surface area contributed by atoms with E-state index >= 15 is 0 Å². The number of hydrogen-bond acceptors (Lipinski definition) is 3. The standard InChI is InChI=1S/C15H14FN5O/c1-19-7-8-20(15(19)22)14-17-13-11(16)9-12(21(13)18-14)10-5-3-2-4-6-10/h2-8,11-12H,9H2,1H3. The summed E-state index contributed by atoms with van der Waals surface area (Å²) in [5.74, 6) is 0.489. The molecule has 0 saturated heterocycles. The summed E-state index contributed by atoms with van der Waals surface area (Å²) in [4.78, 5) is 16.2.